The molecule has 100 valence electrons. The second kappa shape index (κ2) is 5.75. The van der Waals surface area contributed by atoms with Gasteiger partial charge in [0.1, 0.15) is 0 Å². The van der Waals surface area contributed by atoms with Crippen LogP contribution in [0, 0.1) is 11.8 Å². The summed E-state index contributed by atoms with van der Waals surface area (Å²) >= 11 is 0. The molecular formula is C16H26N2. The topological polar surface area (TPSA) is 15.3 Å². The minimum absolute atomic E-state index is 0.544. The SMILES string of the molecule is CC(C)NCc1cccc(N2CC(C(C)C)C2)c1. The van der Waals surface area contributed by atoms with E-state index in [0.717, 1.165) is 18.4 Å². The highest BCUT2D eigenvalue weighted by atomic mass is 15.2. The number of benzene rings is 1. The van der Waals surface area contributed by atoms with Crippen molar-refractivity contribution in [2.45, 2.75) is 40.3 Å². The van der Waals surface area contributed by atoms with Gasteiger partial charge in [-0.25, -0.2) is 0 Å². The maximum atomic E-state index is 3.47. The Balaban J connectivity index is 1.92. The van der Waals surface area contributed by atoms with E-state index in [-0.39, 0.29) is 0 Å². The van der Waals surface area contributed by atoms with E-state index >= 15 is 0 Å². The first-order chi connectivity index (χ1) is 8.56. The van der Waals surface area contributed by atoms with Crippen LogP contribution in [0.2, 0.25) is 0 Å². The van der Waals surface area contributed by atoms with Gasteiger partial charge in [0.25, 0.3) is 0 Å². The van der Waals surface area contributed by atoms with Crippen molar-refractivity contribution < 1.29 is 0 Å². The van der Waals surface area contributed by atoms with Crippen LogP contribution in [0.15, 0.2) is 24.3 Å². The molecule has 18 heavy (non-hydrogen) atoms. The van der Waals surface area contributed by atoms with Crippen LogP contribution < -0.4 is 10.2 Å². The summed E-state index contributed by atoms with van der Waals surface area (Å²) in [6, 6.07) is 9.48. The predicted octanol–water partition coefficient (Wildman–Crippen LogP) is 3.28. The zero-order chi connectivity index (χ0) is 13.1. The highest BCUT2D eigenvalue weighted by molar-refractivity contribution is 5.50. The van der Waals surface area contributed by atoms with Crippen molar-refractivity contribution in [1.29, 1.82) is 0 Å². The van der Waals surface area contributed by atoms with E-state index in [0.29, 0.717) is 6.04 Å². The van der Waals surface area contributed by atoms with E-state index in [1.54, 1.807) is 0 Å². The second-order valence-corrected chi connectivity index (χ2v) is 6.11. The fourth-order valence-electron chi connectivity index (χ4n) is 2.33. The minimum atomic E-state index is 0.544. The summed E-state index contributed by atoms with van der Waals surface area (Å²) in [5.41, 5.74) is 2.77. The van der Waals surface area contributed by atoms with Crippen LogP contribution in [0.25, 0.3) is 0 Å². The molecule has 1 aromatic rings. The standard InChI is InChI=1S/C16H26N2/c1-12(2)15-10-18(11-15)16-7-5-6-14(8-16)9-17-13(3)4/h5-8,12-13,15,17H,9-11H2,1-4H3. The number of rotatable bonds is 5. The van der Waals surface area contributed by atoms with Crippen LogP contribution >= 0.6 is 0 Å². The average molecular weight is 246 g/mol. The molecule has 1 aromatic carbocycles. The first-order valence-electron chi connectivity index (χ1n) is 7.13. The number of hydrogen-bond donors (Lipinski definition) is 1. The normalized spacial score (nSPS) is 16.4. The maximum absolute atomic E-state index is 3.47. The lowest BCUT2D eigenvalue weighted by Gasteiger charge is -2.43. The summed E-state index contributed by atoms with van der Waals surface area (Å²) in [6.07, 6.45) is 0. The Hall–Kier alpha value is -1.02. The van der Waals surface area contributed by atoms with Crippen LogP contribution in [0.5, 0.6) is 0 Å². The first kappa shape index (κ1) is 13.4. The maximum Gasteiger partial charge on any atom is 0.0369 e. The van der Waals surface area contributed by atoms with Gasteiger partial charge in [-0.2, -0.15) is 0 Å². The van der Waals surface area contributed by atoms with Crippen LogP contribution in [0.4, 0.5) is 5.69 Å². The van der Waals surface area contributed by atoms with Crippen molar-refractivity contribution in [3.05, 3.63) is 29.8 Å². The summed E-state index contributed by atoms with van der Waals surface area (Å²) in [5.74, 6) is 1.69. The molecule has 1 aliphatic heterocycles. The number of hydrogen-bond acceptors (Lipinski definition) is 2. The summed E-state index contributed by atoms with van der Waals surface area (Å²) in [6.45, 7) is 12.4. The summed E-state index contributed by atoms with van der Waals surface area (Å²) in [4.78, 5) is 2.49. The number of nitrogens with zero attached hydrogens (tertiary/aromatic N) is 1. The van der Waals surface area contributed by atoms with Crippen molar-refractivity contribution >= 4 is 5.69 Å². The zero-order valence-electron chi connectivity index (χ0n) is 12.1. The van der Waals surface area contributed by atoms with Crippen LogP contribution in [0.1, 0.15) is 33.3 Å². The lowest BCUT2D eigenvalue weighted by molar-refractivity contribution is 0.310. The van der Waals surface area contributed by atoms with Gasteiger partial charge >= 0.3 is 0 Å². The first-order valence-corrected chi connectivity index (χ1v) is 7.13. The van der Waals surface area contributed by atoms with E-state index in [2.05, 4.69) is 62.2 Å². The Bertz CT molecular complexity index is 378. The van der Waals surface area contributed by atoms with Crippen molar-refractivity contribution in [1.82, 2.24) is 5.32 Å². The molecule has 1 saturated heterocycles. The van der Waals surface area contributed by atoms with E-state index in [1.807, 2.05) is 0 Å². The highest BCUT2D eigenvalue weighted by Gasteiger charge is 2.28. The molecule has 1 fully saturated rings. The van der Waals surface area contributed by atoms with E-state index < -0.39 is 0 Å². The third kappa shape index (κ3) is 3.26. The van der Waals surface area contributed by atoms with E-state index in [1.165, 1.54) is 24.3 Å². The van der Waals surface area contributed by atoms with Crippen molar-refractivity contribution in [2.75, 3.05) is 18.0 Å². The van der Waals surface area contributed by atoms with Crippen molar-refractivity contribution in [3.8, 4) is 0 Å². The average Bonchev–Trinajstić information content (AvgIpc) is 2.24. The van der Waals surface area contributed by atoms with Gasteiger partial charge < -0.3 is 10.2 Å². The Morgan fingerprint density at radius 3 is 2.56 bits per heavy atom. The molecule has 1 heterocycles. The van der Waals surface area contributed by atoms with Crippen molar-refractivity contribution in [2.24, 2.45) is 11.8 Å². The van der Waals surface area contributed by atoms with Gasteiger partial charge in [0.2, 0.25) is 0 Å². The van der Waals surface area contributed by atoms with Gasteiger partial charge in [-0.1, -0.05) is 39.8 Å². The third-order valence-electron chi connectivity index (χ3n) is 3.84. The van der Waals surface area contributed by atoms with Gasteiger partial charge in [0.15, 0.2) is 0 Å². The minimum Gasteiger partial charge on any atom is -0.371 e. The molecule has 0 spiro atoms. The molecule has 0 atom stereocenters. The highest BCUT2D eigenvalue weighted by Crippen LogP contribution is 2.29. The van der Waals surface area contributed by atoms with Crippen molar-refractivity contribution in [3.63, 3.8) is 0 Å². The molecule has 0 amide bonds. The van der Waals surface area contributed by atoms with Gasteiger partial charge in [-0.05, 0) is 29.5 Å². The van der Waals surface area contributed by atoms with Crippen LogP contribution in [-0.2, 0) is 6.54 Å². The Kier molecular flexibility index (Phi) is 4.28. The quantitative estimate of drug-likeness (QED) is 0.857. The smallest absolute Gasteiger partial charge is 0.0369 e. The number of nitrogens with one attached hydrogen (secondary N) is 1. The Labute approximate surface area is 111 Å². The fourth-order valence-corrected chi connectivity index (χ4v) is 2.33. The summed E-state index contributed by atoms with van der Waals surface area (Å²) in [5, 5.41) is 3.47. The summed E-state index contributed by atoms with van der Waals surface area (Å²) in [7, 11) is 0. The molecule has 0 bridgehead atoms. The second-order valence-electron chi connectivity index (χ2n) is 6.11. The van der Waals surface area contributed by atoms with Crippen LogP contribution in [-0.4, -0.2) is 19.1 Å². The molecule has 0 aliphatic carbocycles. The Morgan fingerprint density at radius 1 is 1.22 bits per heavy atom. The zero-order valence-corrected chi connectivity index (χ0v) is 12.1. The van der Waals surface area contributed by atoms with Gasteiger partial charge in [-0.3, -0.25) is 0 Å². The van der Waals surface area contributed by atoms with E-state index in [9.17, 15) is 0 Å². The molecule has 2 rings (SSSR count). The molecule has 0 unspecified atom stereocenters. The van der Waals surface area contributed by atoms with Gasteiger partial charge in [0, 0.05) is 31.4 Å². The molecule has 0 radical (unpaired) electrons. The molecule has 1 aliphatic rings. The molecular weight excluding hydrogens is 220 g/mol. The number of anilines is 1. The van der Waals surface area contributed by atoms with Gasteiger partial charge in [0.05, 0.1) is 0 Å². The third-order valence-corrected chi connectivity index (χ3v) is 3.84. The fraction of sp³-hybridized carbons (Fsp3) is 0.625. The lowest BCUT2D eigenvalue weighted by atomic mass is 9.88. The summed E-state index contributed by atoms with van der Waals surface area (Å²) < 4.78 is 0. The monoisotopic (exact) mass is 246 g/mol. The Morgan fingerprint density at radius 2 is 1.94 bits per heavy atom. The van der Waals surface area contributed by atoms with Gasteiger partial charge in [-0.15, -0.1) is 0 Å². The molecule has 2 nitrogen and oxygen atoms in total. The molecule has 2 heteroatoms. The lowest BCUT2D eigenvalue weighted by Crippen LogP contribution is -2.49. The van der Waals surface area contributed by atoms with E-state index in [4.69, 9.17) is 0 Å². The predicted molar refractivity (Wildman–Crippen MR) is 79.0 cm³/mol. The molecule has 0 saturated carbocycles. The molecule has 1 N–H and O–H groups in total. The largest absolute Gasteiger partial charge is 0.371 e. The molecule has 0 aromatic heterocycles. The van der Waals surface area contributed by atoms with Crippen LogP contribution in [0.3, 0.4) is 0 Å².